The van der Waals surface area contributed by atoms with Gasteiger partial charge in [0.05, 0.1) is 11.7 Å². The van der Waals surface area contributed by atoms with E-state index in [4.69, 9.17) is 4.74 Å². The Morgan fingerprint density at radius 1 is 1.17 bits per heavy atom. The van der Waals surface area contributed by atoms with Gasteiger partial charge >= 0.3 is 5.97 Å². The normalized spacial score (nSPS) is 12.2. The standard InChI is InChI=1S/C16H24O2/c1-4-5-6-7-8-14(3)18-16(17)15-11-9-13(2)10-12-15/h9-12,14H,4-8H2,1-3H3. The van der Waals surface area contributed by atoms with E-state index in [-0.39, 0.29) is 12.1 Å². The van der Waals surface area contributed by atoms with Crippen molar-refractivity contribution in [3.05, 3.63) is 35.4 Å². The van der Waals surface area contributed by atoms with Gasteiger partial charge in [-0.15, -0.1) is 0 Å². The Morgan fingerprint density at radius 2 is 1.83 bits per heavy atom. The second kappa shape index (κ2) is 7.91. The molecule has 0 saturated carbocycles. The number of esters is 1. The molecule has 1 atom stereocenters. The average molecular weight is 248 g/mol. The predicted molar refractivity (Wildman–Crippen MR) is 74.8 cm³/mol. The van der Waals surface area contributed by atoms with E-state index in [2.05, 4.69) is 6.92 Å². The van der Waals surface area contributed by atoms with Gasteiger partial charge in [-0.05, 0) is 38.8 Å². The van der Waals surface area contributed by atoms with Crippen LogP contribution in [-0.4, -0.2) is 12.1 Å². The third-order valence-corrected chi connectivity index (χ3v) is 3.06. The van der Waals surface area contributed by atoms with Crippen LogP contribution in [0.15, 0.2) is 24.3 Å². The third-order valence-electron chi connectivity index (χ3n) is 3.06. The summed E-state index contributed by atoms with van der Waals surface area (Å²) in [5, 5.41) is 0. The molecule has 1 aromatic carbocycles. The van der Waals surface area contributed by atoms with E-state index in [1.165, 1.54) is 19.3 Å². The van der Waals surface area contributed by atoms with Crippen LogP contribution in [0.1, 0.15) is 61.9 Å². The Labute approximate surface area is 110 Å². The molecule has 0 spiro atoms. The van der Waals surface area contributed by atoms with Crippen molar-refractivity contribution in [2.45, 2.75) is 59.0 Å². The zero-order valence-corrected chi connectivity index (χ0v) is 11.7. The van der Waals surface area contributed by atoms with Crippen LogP contribution in [0.4, 0.5) is 0 Å². The molecular weight excluding hydrogens is 224 g/mol. The van der Waals surface area contributed by atoms with E-state index in [1.807, 2.05) is 38.1 Å². The van der Waals surface area contributed by atoms with E-state index < -0.39 is 0 Å². The van der Waals surface area contributed by atoms with E-state index >= 15 is 0 Å². The summed E-state index contributed by atoms with van der Waals surface area (Å²) in [6, 6.07) is 7.51. The van der Waals surface area contributed by atoms with E-state index in [0.29, 0.717) is 5.56 Å². The van der Waals surface area contributed by atoms with Gasteiger partial charge in [0.15, 0.2) is 0 Å². The lowest BCUT2D eigenvalue weighted by Gasteiger charge is -2.13. The lowest BCUT2D eigenvalue weighted by molar-refractivity contribution is 0.0319. The van der Waals surface area contributed by atoms with Crippen molar-refractivity contribution in [2.24, 2.45) is 0 Å². The molecule has 0 heterocycles. The molecule has 0 aliphatic carbocycles. The van der Waals surface area contributed by atoms with Crippen molar-refractivity contribution in [2.75, 3.05) is 0 Å². The molecule has 0 amide bonds. The van der Waals surface area contributed by atoms with Crippen molar-refractivity contribution in [1.29, 1.82) is 0 Å². The Hall–Kier alpha value is -1.31. The van der Waals surface area contributed by atoms with Gasteiger partial charge in [-0.2, -0.15) is 0 Å². The number of hydrogen-bond acceptors (Lipinski definition) is 2. The first kappa shape index (κ1) is 14.7. The highest BCUT2D eigenvalue weighted by molar-refractivity contribution is 5.89. The second-order valence-electron chi connectivity index (χ2n) is 4.93. The van der Waals surface area contributed by atoms with Gasteiger partial charge in [0.1, 0.15) is 0 Å². The van der Waals surface area contributed by atoms with Crippen LogP contribution in [0.3, 0.4) is 0 Å². The Morgan fingerprint density at radius 3 is 2.44 bits per heavy atom. The molecule has 18 heavy (non-hydrogen) atoms. The van der Waals surface area contributed by atoms with Crippen molar-refractivity contribution in [3.8, 4) is 0 Å². The summed E-state index contributed by atoms with van der Waals surface area (Å²) in [5.74, 6) is -0.210. The van der Waals surface area contributed by atoms with Gasteiger partial charge in [-0.3, -0.25) is 0 Å². The van der Waals surface area contributed by atoms with Gasteiger partial charge < -0.3 is 4.74 Å². The van der Waals surface area contributed by atoms with Crippen molar-refractivity contribution < 1.29 is 9.53 Å². The number of carbonyl (C=O) groups excluding carboxylic acids is 1. The van der Waals surface area contributed by atoms with Crippen molar-refractivity contribution in [3.63, 3.8) is 0 Å². The predicted octanol–water partition coefficient (Wildman–Crippen LogP) is 4.51. The van der Waals surface area contributed by atoms with Crippen LogP contribution < -0.4 is 0 Å². The molecule has 0 aliphatic heterocycles. The molecule has 0 saturated heterocycles. The highest BCUT2D eigenvalue weighted by Gasteiger charge is 2.11. The van der Waals surface area contributed by atoms with Crippen molar-refractivity contribution >= 4 is 5.97 Å². The smallest absolute Gasteiger partial charge is 0.338 e. The summed E-state index contributed by atoms with van der Waals surface area (Å²) in [7, 11) is 0. The molecule has 0 bridgehead atoms. The fourth-order valence-electron chi connectivity index (χ4n) is 1.86. The van der Waals surface area contributed by atoms with E-state index in [0.717, 1.165) is 18.4 Å². The van der Waals surface area contributed by atoms with Crippen molar-refractivity contribution in [1.82, 2.24) is 0 Å². The lowest BCUT2D eigenvalue weighted by atomic mass is 10.1. The summed E-state index contributed by atoms with van der Waals surface area (Å²) >= 11 is 0. The summed E-state index contributed by atoms with van der Waals surface area (Å²) in [6.45, 7) is 6.17. The van der Waals surface area contributed by atoms with Gasteiger partial charge in [0, 0.05) is 0 Å². The Balaban J connectivity index is 2.33. The minimum absolute atomic E-state index is 0.00987. The number of carbonyl (C=O) groups is 1. The molecule has 0 radical (unpaired) electrons. The highest BCUT2D eigenvalue weighted by Crippen LogP contribution is 2.11. The number of unbranched alkanes of at least 4 members (excludes halogenated alkanes) is 3. The molecule has 2 nitrogen and oxygen atoms in total. The monoisotopic (exact) mass is 248 g/mol. The lowest BCUT2D eigenvalue weighted by Crippen LogP contribution is -2.15. The van der Waals surface area contributed by atoms with Crippen LogP contribution in [0.5, 0.6) is 0 Å². The summed E-state index contributed by atoms with van der Waals surface area (Å²) in [6.07, 6.45) is 5.82. The van der Waals surface area contributed by atoms with Crippen LogP contribution in [0.25, 0.3) is 0 Å². The van der Waals surface area contributed by atoms with Gasteiger partial charge in [0.25, 0.3) is 0 Å². The maximum absolute atomic E-state index is 11.8. The molecule has 1 aromatic rings. The van der Waals surface area contributed by atoms with Gasteiger partial charge in [0.2, 0.25) is 0 Å². The van der Waals surface area contributed by atoms with Crippen LogP contribution in [0.2, 0.25) is 0 Å². The quantitative estimate of drug-likeness (QED) is 0.524. The van der Waals surface area contributed by atoms with E-state index in [1.54, 1.807) is 0 Å². The molecule has 0 fully saturated rings. The highest BCUT2D eigenvalue weighted by atomic mass is 16.5. The summed E-state index contributed by atoms with van der Waals surface area (Å²) in [4.78, 5) is 11.8. The van der Waals surface area contributed by atoms with Gasteiger partial charge in [-0.1, -0.05) is 43.9 Å². The Kier molecular flexibility index (Phi) is 6.48. The Bertz CT molecular complexity index is 354. The van der Waals surface area contributed by atoms with Gasteiger partial charge in [-0.25, -0.2) is 4.79 Å². The number of ether oxygens (including phenoxy) is 1. The largest absolute Gasteiger partial charge is 0.459 e. The number of benzene rings is 1. The molecule has 0 aliphatic rings. The molecule has 1 unspecified atom stereocenters. The van der Waals surface area contributed by atoms with Crippen LogP contribution in [-0.2, 0) is 4.74 Å². The third kappa shape index (κ3) is 5.35. The minimum atomic E-state index is -0.210. The van der Waals surface area contributed by atoms with E-state index in [9.17, 15) is 4.79 Å². The maximum atomic E-state index is 11.8. The number of rotatable bonds is 7. The zero-order valence-electron chi connectivity index (χ0n) is 11.7. The molecule has 2 heteroatoms. The maximum Gasteiger partial charge on any atom is 0.338 e. The van der Waals surface area contributed by atoms with Crippen LogP contribution >= 0.6 is 0 Å². The zero-order chi connectivity index (χ0) is 13.4. The topological polar surface area (TPSA) is 26.3 Å². The minimum Gasteiger partial charge on any atom is -0.459 e. The fraction of sp³-hybridized carbons (Fsp3) is 0.562. The first-order chi connectivity index (χ1) is 8.63. The SMILES string of the molecule is CCCCCCC(C)OC(=O)c1ccc(C)cc1. The molecule has 0 aromatic heterocycles. The average Bonchev–Trinajstić information content (AvgIpc) is 2.35. The van der Waals surface area contributed by atoms with Crippen LogP contribution in [0, 0.1) is 6.92 Å². The first-order valence-corrected chi connectivity index (χ1v) is 6.91. The molecular formula is C16H24O2. The second-order valence-corrected chi connectivity index (χ2v) is 4.93. The first-order valence-electron chi connectivity index (χ1n) is 6.91. The summed E-state index contributed by atoms with van der Waals surface area (Å²) < 4.78 is 5.42. The fourth-order valence-corrected chi connectivity index (χ4v) is 1.86. The summed E-state index contributed by atoms with van der Waals surface area (Å²) in [5.41, 5.74) is 1.79. The number of hydrogen-bond donors (Lipinski definition) is 0. The molecule has 1 rings (SSSR count). The number of aryl methyl sites for hydroxylation is 1. The molecule has 100 valence electrons. The molecule has 0 N–H and O–H groups in total.